The van der Waals surface area contributed by atoms with Crippen molar-refractivity contribution in [3.05, 3.63) is 71.5 Å². The summed E-state index contributed by atoms with van der Waals surface area (Å²) < 4.78 is 12.8. The fraction of sp³-hybridized carbons (Fsp3) is 0.250. The smallest absolute Gasteiger partial charge is 0.136 e. The first-order valence-electron chi connectivity index (χ1n) is 7.75. The maximum Gasteiger partial charge on any atom is 0.136 e. The van der Waals surface area contributed by atoms with Gasteiger partial charge in [-0.25, -0.2) is 4.39 Å². The van der Waals surface area contributed by atoms with Crippen molar-refractivity contribution in [3.8, 4) is 0 Å². The van der Waals surface area contributed by atoms with Crippen molar-refractivity contribution in [2.24, 2.45) is 5.92 Å². The van der Waals surface area contributed by atoms with Gasteiger partial charge in [0.1, 0.15) is 12.1 Å². The molecular weight excluding hydrogens is 307 g/mol. The number of halogens is 1. The third-order valence-corrected chi connectivity index (χ3v) is 6.20. The van der Waals surface area contributed by atoms with Crippen LogP contribution in [0.15, 0.2) is 54.6 Å². The molecule has 1 aliphatic rings. The fourth-order valence-corrected chi connectivity index (χ4v) is 4.32. The minimum Gasteiger partial charge on any atom is -0.302 e. The van der Waals surface area contributed by atoms with E-state index in [1.54, 1.807) is 23.9 Å². The quantitative estimate of drug-likeness (QED) is 0.697. The summed E-state index contributed by atoms with van der Waals surface area (Å²) in [7, 11) is 0. The maximum atomic E-state index is 13.3. The molecule has 0 spiro atoms. The van der Waals surface area contributed by atoms with Gasteiger partial charge < -0.3 is 4.79 Å². The van der Waals surface area contributed by atoms with Crippen molar-refractivity contribution in [1.82, 2.24) is 0 Å². The van der Waals surface area contributed by atoms with E-state index >= 15 is 0 Å². The van der Waals surface area contributed by atoms with E-state index in [0.717, 1.165) is 27.9 Å². The summed E-state index contributed by atoms with van der Waals surface area (Å²) in [6.45, 7) is 4.16. The molecule has 0 aromatic heterocycles. The van der Waals surface area contributed by atoms with Gasteiger partial charge in [-0.15, -0.1) is 11.8 Å². The Morgan fingerprint density at radius 2 is 1.70 bits per heavy atom. The molecule has 2 aromatic rings. The molecule has 1 unspecified atom stereocenters. The van der Waals surface area contributed by atoms with Gasteiger partial charge in [-0.05, 0) is 41.2 Å². The Hall–Kier alpha value is -1.87. The first-order valence-corrected chi connectivity index (χ1v) is 8.57. The summed E-state index contributed by atoms with van der Waals surface area (Å²) in [4.78, 5) is 13.0. The zero-order chi connectivity index (χ0) is 16.4. The van der Waals surface area contributed by atoms with Crippen molar-refractivity contribution in [3.63, 3.8) is 0 Å². The second kappa shape index (κ2) is 6.32. The molecule has 0 N–H and O–H groups in total. The summed E-state index contributed by atoms with van der Waals surface area (Å²) in [5.74, 6) is -0.0200. The van der Waals surface area contributed by atoms with Gasteiger partial charge in [0.15, 0.2) is 0 Å². The predicted molar refractivity (Wildman–Crippen MR) is 95.5 cm³/mol. The van der Waals surface area contributed by atoms with E-state index in [1.165, 1.54) is 12.1 Å². The van der Waals surface area contributed by atoms with Crippen LogP contribution in [0.4, 0.5) is 4.39 Å². The van der Waals surface area contributed by atoms with Gasteiger partial charge in [-0.2, -0.15) is 0 Å². The van der Waals surface area contributed by atoms with Crippen molar-refractivity contribution in [2.75, 3.05) is 0 Å². The number of thioether (sulfide) groups is 1. The van der Waals surface area contributed by atoms with Crippen LogP contribution in [0.25, 0.3) is 10.5 Å². The highest BCUT2D eigenvalue weighted by atomic mass is 32.2. The van der Waals surface area contributed by atoms with Crippen LogP contribution in [0.2, 0.25) is 0 Å². The molecule has 0 fully saturated rings. The highest BCUT2D eigenvalue weighted by Gasteiger charge is 2.43. The average molecular weight is 326 g/mol. The van der Waals surface area contributed by atoms with Gasteiger partial charge in [0.05, 0.1) is 4.75 Å². The van der Waals surface area contributed by atoms with Gasteiger partial charge in [-0.3, -0.25) is 0 Å². The number of carbonyl (C=O) groups excluding carboxylic acids is 1. The molecule has 1 nitrogen and oxygen atoms in total. The fourth-order valence-electron chi connectivity index (χ4n) is 2.87. The van der Waals surface area contributed by atoms with Crippen LogP contribution >= 0.6 is 11.8 Å². The van der Waals surface area contributed by atoms with Crippen molar-refractivity contribution < 1.29 is 9.18 Å². The van der Waals surface area contributed by atoms with Crippen molar-refractivity contribution >= 4 is 28.5 Å². The van der Waals surface area contributed by atoms with Crippen LogP contribution in [0.1, 0.15) is 31.4 Å². The Balaban J connectivity index is 2.12. The second-order valence-corrected chi connectivity index (χ2v) is 7.56. The lowest BCUT2D eigenvalue weighted by Crippen LogP contribution is -2.30. The monoisotopic (exact) mass is 326 g/mol. The van der Waals surface area contributed by atoms with E-state index in [0.29, 0.717) is 6.42 Å². The first kappa shape index (κ1) is 16.0. The van der Waals surface area contributed by atoms with E-state index in [2.05, 4.69) is 26.0 Å². The highest BCUT2D eigenvalue weighted by molar-refractivity contribution is 8.10. The molecule has 0 saturated carbocycles. The molecule has 2 aromatic carbocycles. The highest BCUT2D eigenvalue weighted by Crippen LogP contribution is 2.56. The van der Waals surface area contributed by atoms with E-state index < -0.39 is 4.75 Å². The normalized spacial score (nSPS) is 21.0. The Bertz CT molecular complexity index is 734. The largest absolute Gasteiger partial charge is 0.302 e. The van der Waals surface area contributed by atoms with Crippen LogP contribution in [-0.2, 0) is 4.79 Å². The van der Waals surface area contributed by atoms with E-state index in [4.69, 9.17) is 0 Å². The number of rotatable bonds is 4. The maximum absolute atomic E-state index is 13.3. The number of hydrogen-bond donors (Lipinski definition) is 0. The Morgan fingerprint density at radius 3 is 2.26 bits per heavy atom. The lowest BCUT2D eigenvalue weighted by Gasteiger charge is -2.26. The summed E-state index contributed by atoms with van der Waals surface area (Å²) in [5, 5.41) is 0. The van der Waals surface area contributed by atoms with Crippen molar-refractivity contribution in [1.29, 1.82) is 0 Å². The molecule has 1 heterocycles. The van der Waals surface area contributed by atoms with Crippen LogP contribution in [0.3, 0.4) is 0 Å². The zero-order valence-electron chi connectivity index (χ0n) is 13.3. The number of carbonyl (C=O) groups is 1. The SMILES string of the molecule is CC(C)C1(C=O)CC(c2ccc(F)cc2)=C(c2ccccc2)S1. The Labute approximate surface area is 140 Å². The van der Waals surface area contributed by atoms with Gasteiger partial charge in [0.2, 0.25) is 0 Å². The molecular formula is C20H19FOS. The predicted octanol–water partition coefficient (Wildman–Crippen LogP) is 5.42. The summed E-state index contributed by atoms with van der Waals surface area (Å²) in [6.07, 6.45) is 1.76. The molecule has 1 aliphatic heterocycles. The van der Waals surface area contributed by atoms with Gasteiger partial charge in [0.25, 0.3) is 0 Å². The van der Waals surface area contributed by atoms with Crippen LogP contribution < -0.4 is 0 Å². The molecule has 0 radical (unpaired) electrons. The number of hydrogen-bond acceptors (Lipinski definition) is 2. The van der Waals surface area contributed by atoms with Gasteiger partial charge >= 0.3 is 0 Å². The van der Waals surface area contributed by atoms with Gasteiger partial charge in [-0.1, -0.05) is 56.3 Å². The van der Waals surface area contributed by atoms with Crippen LogP contribution in [-0.4, -0.2) is 11.0 Å². The summed E-state index contributed by atoms with van der Waals surface area (Å²) in [6, 6.07) is 16.7. The molecule has 0 amide bonds. The minimum absolute atomic E-state index is 0.224. The Kier molecular flexibility index (Phi) is 4.40. The van der Waals surface area contributed by atoms with E-state index in [9.17, 15) is 9.18 Å². The zero-order valence-corrected chi connectivity index (χ0v) is 14.1. The van der Waals surface area contributed by atoms with Crippen LogP contribution in [0, 0.1) is 11.7 Å². The number of allylic oxidation sites excluding steroid dienone is 1. The Morgan fingerprint density at radius 1 is 1.04 bits per heavy atom. The molecule has 23 heavy (non-hydrogen) atoms. The average Bonchev–Trinajstić information content (AvgIpc) is 2.98. The van der Waals surface area contributed by atoms with Gasteiger partial charge in [0, 0.05) is 4.91 Å². The van der Waals surface area contributed by atoms with Crippen molar-refractivity contribution in [2.45, 2.75) is 25.0 Å². The summed E-state index contributed by atoms with van der Waals surface area (Å²) >= 11 is 1.64. The molecule has 0 saturated heterocycles. The summed E-state index contributed by atoms with van der Waals surface area (Å²) in [5.41, 5.74) is 3.23. The molecule has 3 rings (SSSR count). The lowest BCUT2D eigenvalue weighted by molar-refractivity contribution is -0.110. The first-order chi connectivity index (χ1) is 11.1. The second-order valence-electron chi connectivity index (χ2n) is 6.19. The molecule has 3 heteroatoms. The molecule has 0 aliphatic carbocycles. The number of aldehydes is 1. The third-order valence-electron chi connectivity index (χ3n) is 4.42. The standard InChI is InChI=1S/C20H19FOS/c1-14(2)20(13-22)12-18(15-8-10-17(21)11-9-15)19(23-20)16-6-4-3-5-7-16/h3-11,13-14H,12H2,1-2H3. The topological polar surface area (TPSA) is 17.1 Å². The molecule has 1 atom stereocenters. The minimum atomic E-state index is -0.450. The third kappa shape index (κ3) is 2.98. The lowest BCUT2D eigenvalue weighted by atomic mass is 9.86. The number of benzene rings is 2. The van der Waals surface area contributed by atoms with E-state index in [-0.39, 0.29) is 11.7 Å². The van der Waals surface area contributed by atoms with Crippen LogP contribution in [0.5, 0.6) is 0 Å². The molecule has 118 valence electrons. The van der Waals surface area contributed by atoms with E-state index in [1.807, 2.05) is 18.2 Å². The molecule has 0 bridgehead atoms.